The molecule has 1 aliphatic rings. The van der Waals surface area contributed by atoms with Crippen LogP contribution in [0.4, 0.5) is 5.69 Å². The van der Waals surface area contributed by atoms with E-state index >= 15 is 0 Å². The van der Waals surface area contributed by atoms with Gasteiger partial charge in [-0.25, -0.2) is 12.4 Å². The van der Waals surface area contributed by atoms with Gasteiger partial charge in [-0.05, 0) is 48.4 Å². The zero-order valence-corrected chi connectivity index (χ0v) is 23.2. The topological polar surface area (TPSA) is 62.6 Å². The van der Waals surface area contributed by atoms with Gasteiger partial charge in [0.15, 0.2) is 6.29 Å². The van der Waals surface area contributed by atoms with Gasteiger partial charge in [0, 0.05) is 49.0 Å². The quantitative estimate of drug-likeness (QED) is 0.236. The van der Waals surface area contributed by atoms with Crippen LogP contribution >= 0.6 is 0 Å². The Morgan fingerprint density at radius 3 is 1.93 bits per heavy atom. The minimum atomic E-state index is -3.84. The van der Waals surface area contributed by atoms with Crippen LogP contribution in [0.3, 0.4) is 0 Å². The molecule has 0 unspecified atom stereocenters. The molecule has 6 rings (SSSR count). The fourth-order valence-corrected chi connectivity index (χ4v) is 7.03. The first-order chi connectivity index (χ1) is 19.5. The molecular formula is C33H31N3O3S. The summed E-state index contributed by atoms with van der Waals surface area (Å²) in [6.07, 6.45) is 2.16. The van der Waals surface area contributed by atoms with E-state index in [-0.39, 0.29) is 10.9 Å². The molecule has 0 amide bonds. The molecule has 2 heterocycles. The molecule has 5 aromatic rings. The number of fused-ring (bicyclic) bond motifs is 1. The van der Waals surface area contributed by atoms with Crippen LogP contribution < -0.4 is 4.90 Å². The molecular weight excluding hydrogens is 518 g/mol. The number of aromatic nitrogens is 1. The number of anilines is 1. The van der Waals surface area contributed by atoms with Crippen molar-refractivity contribution in [2.24, 2.45) is 0 Å². The maximum atomic E-state index is 13.4. The summed E-state index contributed by atoms with van der Waals surface area (Å²) < 4.78 is 28.1. The third-order valence-corrected chi connectivity index (χ3v) is 9.45. The Labute approximate surface area is 235 Å². The molecule has 202 valence electrons. The molecule has 0 bridgehead atoms. The zero-order chi connectivity index (χ0) is 27.7. The van der Waals surface area contributed by atoms with E-state index in [1.807, 2.05) is 37.3 Å². The van der Waals surface area contributed by atoms with Crippen LogP contribution in [-0.4, -0.2) is 49.8 Å². The molecule has 6 nitrogen and oxygen atoms in total. The molecule has 1 fully saturated rings. The summed E-state index contributed by atoms with van der Waals surface area (Å²) in [5.41, 5.74) is 5.37. The highest BCUT2D eigenvalue weighted by molar-refractivity contribution is 7.90. The van der Waals surface area contributed by atoms with Crippen LogP contribution in [0.2, 0.25) is 0 Å². The third kappa shape index (κ3) is 4.83. The van der Waals surface area contributed by atoms with E-state index in [0.717, 1.165) is 43.7 Å². The first-order valence-electron chi connectivity index (χ1n) is 13.5. The van der Waals surface area contributed by atoms with Crippen LogP contribution in [0.1, 0.15) is 33.1 Å². The predicted octanol–water partition coefficient (Wildman–Crippen LogP) is 5.91. The fourth-order valence-electron chi connectivity index (χ4n) is 5.65. The second-order valence-electron chi connectivity index (χ2n) is 10.3. The highest BCUT2D eigenvalue weighted by atomic mass is 32.2. The number of carbonyl (C=O) groups is 1. The number of carbonyl (C=O) groups excluding carboxylic acids is 1. The van der Waals surface area contributed by atoms with Gasteiger partial charge in [0.05, 0.1) is 16.5 Å². The fraction of sp³-hybridized carbons (Fsp3) is 0.182. The first-order valence-corrected chi connectivity index (χ1v) is 14.9. The highest BCUT2D eigenvalue weighted by Crippen LogP contribution is 2.33. The molecule has 4 aromatic carbocycles. The summed E-state index contributed by atoms with van der Waals surface area (Å²) in [7, 11) is -3.84. The van der Waals surface area contributed by atoms with E-state index in [0.29, 0.717) is 16.5 Å². The van der Waals surface area contributed by atoms with Gasteiger partial charge in [-0.3, -0.25) is 9.69 Å². The molecule has 0 aliphatic carbocycles. The Hall–Kier alpha value is -4.20. The molecule has 0 saturated carbocycles. The van der Waals surface area contributed by atoms with Crippen molar-refractivity contribution >= 4 is 32.9 Å². The van der Waals surface area contributed by atoms with E-state index in [9.17, 15) is 13.2 Å². The number of benzene rings is 4. The minimum absolute atomic E-state index is 0.176. The molecule has 40 heavy (non-hydrogen) atoms. The van der Waals surface area contributed by atoms with Crippen molar-refractivity contribution < 1.29 is 13.2 Å². The van der Waals surface area contributed by atoms with Gasteiger partial charge >= 0.3 is 0 Å². The molecule has 0 spiro atoms. The van der Waals surface area contributed by atoms with Crippen molar-refractivity contribution in [3.63, 3.8) is 0 Å². The van der Waals surface area contributed by atoms with Gasteiger partial charge in [0.2, 0.25) is 0 Å². The van der Waals surface area contributed by atoms with Crippen molar-refractivity contribution in [2.75, 3.05) is 31.1 Å². The lowest BCUT2D eigenvalue weighted by molar-refractivity contribution is 0.112. The average Bonchev–Trinajstić information content (AvgIpc) is 3.38. The Bertz CT molecular complexity index is 1700. The van der Waals surface area contributed by atoms with Crippen LogP contribution in [0.25, 0.3) is 10.9 Å². The molecule has 0 atom stereocenters. The Kier molecular flexibility index (Phi) is 7.00. The maximum Gasteiger partial charge on any atom is 0.268 e. The second kappa shape index (κ2) is 10.8. The van der Waals surface area contributed by atoms with Crippen molar-refractivity contribution in [3.8, 4) is 0 Å². The largest absolute Gasteiger partial charge is 0.369 e. The summed E-state index contributed by atoms with van der Waals surface area (Å²) in [5.74, 6) is 0. The van der Waals surface area contributed by atoms with Gasteiger partial charge in [-0.2, -0.15) is 0 Å². The van der Waals surface area contributed by atoms with E-state index in [1.165, 1.54) is 21.3 Å². The monoisotopic (exact) mass is 549 g/mol. The van der Waals surface area contributed by atoms with Crippen LogP contribution in [0.15, 0.2) is 114 Å². The lowest BCUT2D eigenvalue weighted by atomic mass is 9.96. The van der Waals surface area contributed by atoms with E-state index in [4.69, 9.17) is 0 Å². The van der Waals surface area contributed by atoms with Gasteiger partial charge in [-0.1, -0.05) is 78.4 Å². The maximum absolute atomic E-state index is 13.4. The Balaban J connectivity index is 1.27. The van der Waals surface area contributed by atoms with Crippen molar-refractivity contribution in [2.45, 2.75) is 17.9 Å². The van der Waals surface area contributed by atoms with Gasteiger partial charge in [-0.15, -0.1) is 0 Å². The van der Waals surface area contributed by atoms with E-state index in [2.05, 4.69) is 58.3 Å². The van der Waals surface area contributed by atoms with E-state index in [1.54, 1.807) is 24.3 Å². The highest BCUT2D eigenvalue weighted by Gasteiger charge is 2.27. The summed E-state index contributed by atoms with van der Waals surface area (Å²) in [5, 5.41) is 0.636. The van der Waals surface area contributed by atoms with Crippen molar-refractivity contribution in [1.29, 1.82) is 0 Å². The number of hydrogen-bond donors (Lipinski definition) is 0. The lowest BCUT2D eigenvalue weighted by Gasteiger charge is -2.40. The van der Waals surface area contributed by atoms with Crippen LogP contribution in [0, 0.1) is 6.92 Å². The van der Waals surface area contributed by atoms with Gasteiger partial charge in [0.1, 0.15) is 0 Å². The average molecular weight is 550 g/mol. The molecule has 1 saturated heterocycles. The SMILES string of the molecule is Cc1ccc(S(=O)(=O)n2cc(C=O)c3cc(N4CCN(C(c5ccccc5)c5ccccc5)CC4)ccc32)cc1. The zero-order valence-electron chi connectivity index (χ0n) is 22.4. The number of rotatable bonds is 7. The van der Waals surface area contributed by atoms with E-state index < -0.39 is 10.0 Å². The minimum Gasteiger partial charge on any atom is -0.369 e. The Morgan fingerprint density at radius 1 is 0.750 bits per heavy atom. The van der Waals surface area contributed by atoms with Crippen molar-refractivity contribution in [3.05, 3.63) is 132 Å². The predicted molar refractivity (Wildman–Crippen MR) is 160 cm³/mol. The first kappa shape index (κ1) is 26.0. The summed E-state index contributed by atoms with van der Waals surface area (Å²) in [6, 6.07) is 33.9. The number of piperazine rings is 1. The Morgan fingerprint density at radius 2 is 1.35 bits per heavy atom. The number of nitrogens with zero attached hydrogens (tertiary/aromatic N) is 3. The van der Waals surface area contributed by atoms with Crippen LogP contribution in [0.5, 0.6) is 0 Å². The molecule has 0 N–H and O–H groups in total. The molecule has 1 aromatic heterocycles. The van der Waals surface area contributed by atoms with Gasteiger partial charge in [0.25, 0.3) is 10.0 Å². The van der Waals surface area contributed by atoms with Gasteiger partial charge < -0.3 is 4.90 Å². The summed E-state index contributed by atoms with van der Waals surface area (Å²) >= 11 is 0. The number of hydrogen-bond acceptors (Lipinski definition) is 5. The van der Waals surface area contributed by atoms with Crippen LogP contribution in [-0.2, 0) is 10.0 Å². The summed E-state index contributed by atoms with van der Waals surface area (Å²) in [6.45, 7) is 5.30. The molecule has 0 radical (unpaired) electrons. The number of aldehydes is 1. The normalized spacial score (nSPS) is 14.6. The second-order valence-corrected chi connectivity index (χ2v) is 12.1. The number of aryl methyl sites for hydroxylation is 1. The standard InChI is InChI=1S/C33H31N3O3S/c1-25-12-15-30(16-13-25)40(38,39)36-23-28(24-37)31-22-29(14-17-32(31)36)34-18-20-35(21-19-34)33(26-8-4-2-5-9-26)27-10-6-3-7-11-27/h2-17,22-24,33H,18-21H2,1H3. The smallest absolute Gasteiger partial charge is 0.268 e. The summed E-state index contributed by atoms with van der Waals surface area (Å²) in [4.78, 5) is 17.0. The molecule has 1 aliphatic heterocycles. The molecule has 7 heteroatoms. The third-order valence-electron chi connectivity index (χ3n) is 7.76. The van der Waals surface area contributed by atoms with Crippen molar-refractivity contribution in [1.82, 2.24) is 8.87 Å². The lowest BCUT2D eigenvalue weighted by Crippen LogP contribution is -2.48.